The molecule has 0 aliphatic rings. The number of para-hydroxylation sites is 1. The normalized spacial score (nSPS) is 12.0. The summed E-state index contributed by atoms with van der Waals surface area (Å²) >= 11 is 0. The summed E-state index contributed by atoms with van der Waals surface area (Å²) < 4.78 is 0. The summed E-state index contributed by atoms with van der Waals surface area (Å²) in [5.41, 5.74) is 1.65. The van der Waals surface area contributed by atoms with E-state index >= 15 is 0 Å². The van der Waals surface area contributed by atoms with Crippen LogP contribution in [0.1, 0.15) is 60.5 Å². The predicted octanol–water partition coefficient (Wildman–Crippen LogP) is 3.64. The SMILES string of the molecule is CC(=O)N(CCC(=O)NC(C)(C)C)c1ccccc1C(C)(C)C. The Morgan fingerprint density at radius 1 is 1.04 bits per heavy atom. The van der Waals surface area contributed by atoms with Crippen molar-refractivity contribution in [2.24, 2.45) is 0 Å². The van der Waals surface area contributed by atoms with E-state index in [9.17, 15) is 9.59 Å². The van der Waals surface area contributed by atoms with Crippen LogP contribution in [0.5, 0.6) is 0 Å². The molecule has 0 aliphatic carbocycles. The molecule has 0 aliphatic heterocycles. The highest BCUT2D eigenvalue weighted by atomic mass is 16.2. The second kappa shape index (κ2) is 7.16. The fourth-order valence-corrected chi connectivity index (χ4v) is 2.48. The van der Waals surface area contributed by atoms with Crippen LogP contribution in [0.2, 0.25) is 0 Å². The topological polar surface area (TPSA) is 49.4 Å². The first-order valence-corrected chi connectivity index (χ1v) is 8.10. The van der Waals surface area contributed by atoms with E-state index in [1.807, 2.05) is 45.0 Å². The fraction of sp³-hybridized carbons (Fsp3) is 0.579. The van der Waals surface area contributed by atoms with Gasteiger partial charge in [0.2, 0.25) is 11.8 Å². The summed E-state index contributed by atoms with van der Waals surface area (Å²) in [7, 11) is 0. The molecule has 1 aromatic carbocycles. The van der Waals surface area contributed by atoms with E-state index in [-0.39, 0.29) is 29.2 Å². The van der Waals surface area contributed by atoms with Gasteiger partial charge < -0.3 is 10.2 Å². The highest BCUT2D eigenvalue weighted by Gasteiger charge is 2.23. The Labute approximate surface area is 140 Å². The monoisotopic (exact) mass is 318 g/mol. The maximum Gasteiger partial charge on any atom is 0.223 e. The van der Waals surface area contributed by atoms with Gasteiger partial charge in [-0.15, -0.1) is 0 Å². The van der Waals surface area contributed by atoms with Crippen molar-refractivity contribution in [2.45, 2.75) is 65.8 Å². The van der Waals surface area contributed by atoms with Crippen molar-refractivity contribution in [3.8, 4) is 0 Å². The first-order valence-electron chi connectivity index (χ1n) is 8.10. The molecule has 2 amide bonds. The lowest BCUT2D eigenvalue weighted by atomic mass is 9.85. The van der Waals surface area contributed by atoms with Gasteiger partial charge in [-0.25, -0.2) is 0 Å². The van der Waals surface area contributed by atoms with Crippen molar-refractivity contribution < 1.29 is 9.59 Å². The molecule has 23 heavy (non-hydrogen) atoms. The van der Waals surface area contributed by atoms with Crippen LogP contribution in [-0.4, -0.2) is 23.9 Å². The molecule has 1 aromatic rings. The number of anilines is 1. The Hall–Kier alpha value is -1.84. The van der Waals surface area contributed by atoms with E-state index < -0.39 is 0 Å². The molecule has 0 unspecified atom stereocenters. The molecule has 0 fully saturated rings. The lowest BCUT2D eigenvalue weighted by Gasteiger charge is -2.30. The molecule has 4 heteroatoms. The highest BCUT2D eigenvalue weighted by molar-refractivity contribution is 5.93. The number of nitrogens with one attached hydrogen (secondary N) is 1. The second-order valence-corrected chi connectivity index (χ2v) is 7.99. The lowest BCUT2D eigenvalue weighted by molar-refractivity contribution is -0.122. The van der Waals surface area contributed by atoms with E-state index in [4.69, 9.17) is 0 Å². The van der Waals surface area contributed by atoms with Gasteiger partial charge in [-0.2, -0.15) is 0 Å². The minimum Gasteiger partial charge on any atom is -0.351 e. The molecule has 0 heterocycles. The smallest absolute Gasteiger partial charge is 0.223 e. The lowest BCUT2D eigenvalue weighted by Crippen LogP contribution is -2.42. The average Bonchev–Trinajstić information content (AvgIpc) is 2.35. The molecule has 0 spiro atoms. The van der Waals surface area contributed by atoms with Crippen molar-refractivity contribution in [2.75, 3.05) is 11.4 Å². The van der Waals surface area contributed by atoms with Crippen LogP contribution in [0.25, 0.3) is 0 Å². The van der Waals surface area contributed by atoms with Crippen LogP contribution < -0.4 is 10.2 Å². The van der Waals surface area contributed by atoms with E-state index in [0.29, 0.717) is 6.54 Å². The van der Waals surface area contributed by atoms with Gasteiger partial charge in [-0.1, -0.05) is 39.0 Å². The zero-order chi connectivity index (χ0) is 17.8. The Bertz CT molecular complexity index is 565. The zero-order valence-corrected chi connectivity index (χ0v) is 15.5. The summed E-state index contributed by atoms with van der Waals surface area (Å²) in [5.74, 6) is -0.0951. The maximum absolute atomic E-state index is 12.1. The molecular weight excluding hydrogens is 288 g/mol. The van der Waals surface area contributed by atoms with Gasteiger partial charge in [-0.3, -0.25) is 9.59 Å². The van der Waals surface area contributed by atoms with Gasteiger partial charge >= 0.3 is 0 Å². The minimum absolute atomic E-state index is 0.0445. The van der Waals surface area contributed by atoms with E-state index in [2.05, 4.69) is 26.1 Å². The highest BCUT2D eigenvalue weighted by Crippen LogP contribution is 2.32. The Balaban J connectivity index is 2.97. The van der Waals surface area contributed by atoms with Crippen LogP contribution in [0.15, 0.2) is 24.3 Å². The molecular formula is C19H30N2O2. The van der Waals surface area contributed by atoms with Gasteiger partial charge in [0.05, 0.1) is 0 Å². The third-order valence-corrected chi connectivity index (χ3v) is 3.46. The van der Waals surface area contributed by atoms with Crippen LogP contribution >= 0.6 is 0 Å². The third kappa shape index (κ3) is 6.05. The number of amides is 2. The predicted molar refractivity (Wildman–Crippen MR) is 95.7 cm³/mol. The van der Waals surface area contributed by atoms with Crippen molar-refractivity contribution in [3.05, 3.63) is 29.8 Å². The van der Waals surface area contributed by atoms with Gasteiger partial charge in [0, 0.05) is 31.1 Å². The minimum atomic E-state index is -0.262. The third-order valence-electron chi connectivity index (χ3n) is 3.46. The van der Waals surface area contributed by atoms with Crippen molar-refractivity contribution in [3.63, 3.8) is 0 Å². The molecule has 0 aromatic heterocycles. The van der Waals surface area contributed by atoms with Gasteiger partial charge in [0.15, 0.2) is 0 Å². The molecule has 4 nitrogen and oxygen atoms in total. The van der Waals surface area contributed by atoms with Crippen molar-refractivity contribution in [1.82, 2.24) is 5.32 Å². The van der Waals surface area contributed by atoms with Gasteiger partial charge in [0.1, 0.15) is 0 Å². The quantitative estimate of drug-likeness (QED) is 0.921. The maximum atomic E-state index is 12.1. The van der Waals surface area contributed by atoms with E-state index in [1.165, 1.54) is 0 Å². The second-order valence-electron chi connectivity index (χ2n) is 7.99. The van der Waals surface area contributed by atoms with E-state index in [1.54, 1.807) is 11.8 Å². The number of rotatable bonds is 4. The van der Waals surface area contributed by atoms with E-state index in [0.717, 1.165) is 11.3 Å². The average molecular weight is 318 g/mol. The number of hydrogen-bond acceptors (Lipinski definition) is 2. The number of nitrogens with zero attached hydrogens (tertiary/aromatic N) is 1. The summed E-state index contributed by atoms with van der Waals surface area (Å²) in [4.78, 5) is 25.9. The molecule has 0 atom stereocenters. The standard InChI is InChI=1S/C19H30N2O2/c1-14(22)21(13-12-17(23)20-19(5,6)7)16-11-9-8-10-15(16)18(2,3)4/h8-11H,12-13H2,1-7H3,(H,20,23). The molecule has 0 saturated carbocycles. The molecule has 0 radical (unpaired) electrons. The molecule has 1 N–H and O–H groups in total. The van der Waals surface area contributed by atoms with Crippen LogP contribution in [0.4, 0.5) is 5.69 Å². The number of hydrogen-bond donors (Lipinski definition) is 1. The molecule has 128 valence electrons. The zero-order valence-electron chi connectivity index (χ0n) is 15.5. The number of carbonyl (C=O) groups is 2. The summed E-state index contributed by atoms with van der Waals surface area (Å²) in [5, 5.41) is 2.93. The molecule has 0 saturated heterocycles. The fourth-order valence-electron chi connectivity index (χ4n) is 2.48. The summed E-state index contributed by atoms with van der Waals surface area (Å²) in [6.45, 7) is 14.1. The summed E-state index contributed by atoms with van der Waals surface area (Å²) in [6.07, 6.45) is 0.287. The van der Waals surface area contributed by atoms with Crippen LogP contribution in [0, 0.1) is 0 Å². The Morgan fingerprint density at radius 2 is 1.61 bits per heavy atom. The van der Waals surface area contributed by atoms with Crippen molar-refractivity contribution in [1.29, 1.82) is 0 Å². The van der Waals surface area contributed by atoms with Crippen LogP contribution in [-0.2, 0) is 15.0 Å². The molecule has 0 bridgehead atoms. The van der Waals surface area contributed by atoms with Crippen molar-refractivity contribution >= 4 is 17.5 Å². The summed E-state index contributed by atoms with van der Waals surface area (Å²) in [6, 6.07) is 7.90. The largest absolute Gasteiger partial charge is 0.351 e. The Kier molecular flexibility index (Phi) is 5.98. The molecule has 1 rings (SSSR count). The first kappa shape index (κ1) is 19.2. The number of carbonyl (C=O) groups excluding carboxylic acids is 2. The first-order chi connectivity index (χ1) is 10.4. The Morgan fingerprint density at radius 3 is 2.09 bits per heavy atom. The van der Waals surface area contributed by atoms with Gasteiger partial charge in [-0.05, 0) is 37.8 Å². The van der Waals surface area contributed by atoms with Gasteiger partial charge in [0.25, 0.3) is 0 Å². The van der Waals surface area contributed by atoms with Crippen LogP contribution in [0.3, 0.4) is 0 Å². The number of benzene rings is 1.